The Morgan fingerprint density at radius 2 is 1.19 bits per heavy atom. The lowest BCUT2D eigenvalue weighted by molar-refractivity contribution is 0.446. The number of aromatic nitrogens is 3. The van der Waals surface area contributed by atoms with Crippen molar-refractivity contribution in [2.75, 3.05) is 0 Å². The Morgan fingerprint density at radius 1 is 0.544 bits per heavy atom. The van der Waals surface area contributed by atoms with E-state index >= 15 is 0 Å². The summed E-state index contributed by atoms with van der Waals surface area (Å²) < 4.78 is 20.2. The summed E-state index contributed by atoms with van der Waals surface area (Å²) in [5.41, 5.74) is 16.0. The van der Waals surface area contributed by atoms with E-state index in [1.54, 1.807) is 0 Å². The van der Waals surface area contributed by atoms with Gasteiger partial charge in [0.2, 0.25) is 0 Å². The maximum atomic E-state index is 12.6. The van der Waals surface area contributed by atoms with Crippen molar-refractivity contribution in [1.29, 1.82) is 0 Å². The topological polar surface area (TPSA) is 50.9 Å². The Bertz CT molecular complexity index is 3220. The summed E-state index contributed by atoms with van der Waals surface area (Å²) in [5, 5.41) is 12.6. The molecule has 8 aromatic rings. The highest BCUT2D eigenvalue weighted by Gasteiger charge is 2.30. The highest BCUT2D eigenvalue weighted by atomic mass is 16.3. The van der Waals surface area contributed by atoms with Gasteiger partial charge in [0.15, 0.2) is 0 Å². The monoisotopic (exact) mass is 900 g/mol. The smallest absolute Gasteiger partial charge is 0.149 e. The van der Waals surface area contributed by atoms with Crippen LogP contribution in [0.15, 0.2) is 140 Å². The van der Waals surface area contributed by atoms with Gasteiger partial charge in [-0.1, -0.05) is 194 Å². The average Bonchev–Trinajstić information content (AvgIpc) is 4.01. The van der Waals surface area contributed by atoms with Crippen LogP contribution in [0.2, 0.25) is 0 Å². The molecule has 0 spiro atoms. The molecule has 2 aromatic heterocycles. The SMILES string of the molecule is [2H]C([2H])(c1ccc(-c2ccnc(-c3cc(-c4cccc5c4nc(-c4cc(C(C)(C)C)cc(C(C)(C)C)c4O)n5-c4ccc(C(C)(C)C)cc4-c4ccccc4)cc(C(C)(C)C)c3)c2)cc1)C1CCCC1. The molecule has 1 N–H and O–H groups in total. The first-order valence-electron chi connectivity index (χ1n) is 25.7. The van der Waals surface area contributed by atoms with Gasteiger partial charge >= 0.3 is 0 Å². The lowest BCUT2D eigenvalue weighted by atomic mass is 9.79. The van der Waals surface area contributed by atoms with Crippen LogP contribution in [0.5, 0.6) is 5.75 Å². The first kappa shape index (κ1) is 44.3. The van der Waals surface area contributed by atoms with Crippen LogP contribution in [0.4, 0.5) is 0 Å². The first-order chi connectivity index (χ1) is 32.9. The van der Waals surface area contributed by atoms with Crippen molar-refractivity contribution in [1.82, 2.24) is 14.5 Å². The van der Waals surface area contributed by atoms with E-state index in [9.17, 15) is 5.11 Å². The molecule has 1 aliphatic rings. The molecule has 0 amide bonds. The maximum Gasteiger partial charge on any atom is 0.149 e. The fourth-order valence-corrected chi connectivity index (χ4v) is 9.81. The molecule has 1 fully saturated rings. The number of imidazole rings is 1. The van der Waals surface area contributed by atoms with Crippen molar-refractivity contribution < 1.29 is 7.85 Å². The maximum absolute atomic E-state index is 12.6. The summed E-state index contributed by atoms with van der Waals surface area (Å²) >= 11 is 0. The number of nitrogens with zero attached hydrogens (tertiary/aromatic N) is 3. The van der Waals surface area contributed by atoms with Crippen molar-refractivity contribution >= 4 is 11.0 Å². The van der Waals surface area contributed by atoms with Gasteiger partial charge in [-0.15, -0.1) is 0 Å². The van der Waals surface area contributed by atoms with E-state index < -0.39 is 6.37 Å². The van der Waals surface area contributed by atoms with Crippen LogP contribution in [0.25, 0.3) is 72.7 Å². The number of benzene rings is 6. The number of hydrogen-bond acceptors (Lipinski definition) is 3. The molecule has 0 saturated heterocycles. The molecule has 2 heterocycles. The van der Waals surface area contributed by atoms with E-state index in [0.29, 0.717) is 11.4 Å². The van der Waals surface area contributed by atoms with E-state index in [2.05, 4.69) is 203 Å². The molecule has 0 bridgehead atoms. The van der Waals surface area contributed by atoms with Crippen LogP contribution in [0, 0.1) is 5.92 Å². The third kappa shape index (κ3) is 9.44. The largest absolute Gasteiger partial charge is 0.507 e. The Hall–Kier alpha value is -6.26. The first-order valence-corrected chi connectivity index (χ1v) is 24.7. The van der Waals surface area contributed by atoms with Crippen LogP contribution in [0.1, 0.15) is 139 Å². The number of pyridine rings is 1. The molecule has 1 aliphatic carbocycles. The second-order valence-electron chi connectivity index (χ2n) is 23.4. The molecular weight excluding hydrogens is 827 g/mol. The van der Waals surface area contributed by atoms with E-state index in [1.165, 1.54) is 11.1 Å². The predicted molar refractivity (Wildman–Crippen MR) is 288 cm³/mol. The zero-order chi connectivity index (χ0) is 50.1. The lowest BCUT2D eigenvalue weighted by Crippen LogP contribution is -2.17. The van der Waals surface area contributed by atoms with Crippen molar-refractivity contribution in [3.63, 3.8) is 0 Å². The molecule has 4 heteroatoms. The minimum absolute atomic E-state index is 0.0706. The quantitative estimate of drug-likeness (QED) is 0.165. The molecule has 0 aliphatic heterocycles. The summed E-state index contributed by atoms with van der Waals surface area (Å²) in [6.07, 6.45) is 4.66. The summed E-state index contributed by atoms with van der Waals surface area (Å²) in [7, 11) is 0. The Labute approximate surface area is 409 Å². The lowest BCUT2D eigenvalue weighted by Gasteiger charge is -2.28. The van der Waals surface area contributed by atoms with Crippen LogP contribution < -0.4 is 0 Å². The molecular formula is C64H71N3O. The van der Waals surface area contributed by atoms with Gasteiger partial charge in [-0.25, -0.2) is 4.98 Å². The summed E-state index contributed by atoms with van der Waals surface area (Å²) in [6, 6.07) is 47.4. The fourth-order valence-electron chi connectivity index (χ4n) is 9.81. The number of hydrogen-bond donors (Lipinski definition) is 1. The van der Waals surface area contributed by atoms with Crippen LogP contribution >= 0.6 is 0 Å². The number of rotatable bonds is 8. The normalized spacial score (nSPS) is 14.6. The number of phenols is 1. The van der Waals surface area contributed by atoms with Crippen LogP contribution in [-0.4, -0.2) is 19.6 Å². The van der Waals surface area contributed by atoms with Crippen molar-refractivity contribution in [2.45, 2.75) is 137 Å². The molecule has 348 valence electrons. The Balaban J connectivity index is 1.27. The molecule has 6 aromatic carbocycles. The van der Waals surface area contributed by atoms with Gasteiger partial charge in [-0.3, -0.25) is 9.55 Å². The molecule has 1 saturated carbocycles. The van der Waals surface area contributed by atoms with Crippen molar-refractivity contribution in [2.24, 2.45) is 5.92 Å². The van der Waals surface area contributed by atoms with Gasteiger partial charge in [-0.2, -0.15) is 0 Å². The van der Waals surface area contributed by atoms with Gasteiger partial charge in [0.1, 0.15) is 11.6 Å². The van der Waals surface area contributed by atoms with Gasteiger partial charge < -0.3 is 5.11 Å². The highest BCUT2D eigenvalue weighted by Crippen LogP contribution is 2.46. The number of para-hydroxylation sites is 1. The van der Waals surface area contributed by atoms with Crippen molar-refractivity contribution in [3.05, 3.63) is 167 Å². The summed E-state index contributed by atoms with van der Waals surface area (Å²) in [5.74, 6) is 0.999. The minimum atomic E-state index is -1.34. The molecule has 9 rings (SSSR count). The van der Waals surface area contributed by atoms with E-state index in [-0.39, 0.29) is 33.3 Å². The zero-order valence-corrected chi connectivity index (χ0v) is 42.5. The molecule has 68 heavy (non-hydrogen) atoms. The zero-order valence-electron chi connectivity index (χ0n) is 44.5. The standard InChI is InChI=1S/C64H71N3O/c1-61(2,3)48-29-30-56(52(38-48)44-21-14-13-15-22-44)67-57-24-18-23-51(58(57)66-60(67)53-39-50(63(7,8)9)40-54(59(53)68)64(10,11)12)46-34-47(36-49(35-46)62(4,5)6)55-37-45(31-32-65-55)43-27-25-42(26-28-43)33-41-19-16-17-20-41/h13-15,18,21-32,34-41,68H,16-17,19-20,33H2,1-12H3/i33D2. The fraction of sp³-hybridized carbons (Fsp3) is 0.344. The van der Waals surface area contributed by atoms with Gasteiger partial charge in [0.05, 0.1) is 28.0 Å². The Kier molecular flexibility index (Phi) is 11.5. The third-order valence-corrected chi connectivity index (χ3v) is 14.0. The number of phenolic OH excluding ortho intramolecular Hbond substituents is 1. The highest BCUT2D eigenvalue weighted by molar-refractivity contribution is 5.98. The van der Waals surface area contributed by atoms with E-state index in [1.807, 2.05) is 24.4 Å². The predicted octanol–water partition coefficient (Wildman–Crippen LogP) is 17.4. The molecule has 0 unspecified atom stereocenters. The van der Waals surface area contributed by atoms with Gasteiger partial charge in [0.25, 0.3) is 0 Å². The number of fused-ring (bicyclic) bond motifs is 1. The van der Waals surface area contributed by atoms with E-state index in [4.69, 9.17) is 12.7 Å². The molecule has 4 nitrogen and oxygen atoms in total. The summed E-state index contributed by atoms with van der Waals surface area (Å²) in [6.45, 7) is 26.7. The summed E-state index contributed by atoms with van der Waals surface area (Å²) in [4.78, 5) is 10.7. The van der Waals surface area contributed by atoms with Crippen LogP contribution in [0.3, 0.4) is 0 Å². The van der Waals surface area contributed by atoms with Crippen LogP contribution in [-0.2, 0) is 28.0 Å². The second-order valence-corrected chi connectivity index (χ2v) is 23.4. The Morgan fingerprint density at radius 3 is 1.85 bits per heavy atom. The minimum Gasteiger partial charge on any atom is -0.507 e. The average molecular weight is 900 g/mol. The van der Waals surface area contributed by atoms with Gasteiger partial charge in [0, 0.05) is 31.2 Å². The van der Waals surface area contributed by atoms with Crippen molar-refractivity contribution in [3.8, 4) is 67.5 Å². The molecule has 0 atom stereocenters. The molecule has 0 radical (unpaired) electrons. The second kappa shape index (κ2) is 17.7. The third-order valence-electron chi connectivity index (χ3n) is 14.0. The van der Waals surface area contributed by atoms with Gasteiger partial charge in [-0.05, 0) is 127 Å². The number of aromatic hydroxyl groups is 1. The van der Waals surface area contributed by atoms with E-state index in [0.717, 1.165) is 104 Å².